The van der Waals surface area contributed by atoms with Gasteiger partial charge in [0.15, 0.2) is 16.9 Å². The van der Waals surface area contributed by atoms with Crippen LogP contribution in [0.1, 0.15) is 55.3 Å². The maximum absolute atomic E-state index is 13.5. The first kappa shape index (κ1) is 31.3. The number of para-hydroxylation sites is 1. The predicted octanol–water partition coefficient (Wildman–Crippen LogP) is -0.0140. The molecule has 222 valence electrons. The van der Waals surface area contributed by atoms with E-state index in [4.69, 9.17) is 22.3 Å². The van der Waals surface area contributed by atoms with Gasteiger partial charge in [0.05, 0.1) is 16.3 Å². The summed E-state index contributed by atoms with van der Waals surface area (Å²) in [6.07, 6.45) is 2.51. The van der Waals surface area contributed by atoms with Crippen molar-refractivity contribution >= 4 is 57.0 Å². The van der Waals surface area contributed by atoms with Crippen molar-refractivity contribution < 1.29 is 19.2 Å². The zero-order chi connectivity index (χ0) is 29.9. The fourth-order valence-corrected chi connectivity index (χ4v) is 5.69. The number of likely N-dealkylation sites (tertiary alicyclic amines) is 1. The molecular formula is C26H38N10O4S. The number of hydrogen-bond donors (Lipinski definition) is 8. The molecule has 0 aliphatic carbocycles. The molecule has 15 heteroatoms. The molecule has 1 aliphatic heterocycles. The largest absolute Gasteiger partial charge is 0.370 e. The highest BCUT2D eigenvalue weighted by Gasteiger charge is 2.38. The summed E-state index contributed by atoms with van der Waals surface area (Å²) >= 11 is 1.25. The number of nitrogens with two attached hydrogens (primary N) is 2. The van der Waals surface area contributed by atoms with Gasteiger partial charge in [0.2, 0.25) is 23.5 Å². The van der Waals surface area contributed by atoms with E-state index in [0.717, 1.165) is 4.70 Å². The normalized spacial score (nSPS) is 16.0. The van der Waals surface area contributed by atoms with Crippen molar-refractivity contribution in [2.24, 2.45) is 11.5 Å². The van der Waals surface area contributed by atoms with Gasteiger partial charge in [-0.15, -0.1) is 11.3 Å². The van der Waals surface area contributed by atoms with Gasteiger partial charge in [-0.25, -0.2) is 4.98 Å². The topological polar surface area (TPSA) is 232 Å². The van der Waals surface area contributed by atoms with Crippen molar-refractivity contribution in [2.75, 3.05) is 19.6 Å². The van der Waals surface area contributed by atoms with Gasteiger partial charge in [0, 0.05) is 26.6 Å². The van der Waals surface area contributed by atoms with Crippen LogP contribution in [0.3, 0.4) is 0 Å². The number of rotatable bonds is 14. The van der Waals surface area contributed by atoms with Crippen LogP contribution in [0.15, 0.2) is 24.3 Å². The molecule has 1 fully saturated rings. The third-order valence-corrected chi connectivity index (χ3v) is 7.67. The molecule has 0 radical (unpaired) electrons. The van der Waals surface area contributed by atoms with Crippen LogP contribution in [-0.2, 0) is 14.4 Å². The van der Waals surface area contributed by atoms with Gasteiger partial charge in [-0.2, -0.15) is 0 Å². The lowest BCUT2D eigenvalue weighted by atomic mass is 10.0. The Balaban J connectivity index is 1.73. The van der Waals surface area contributed by atoms with E-state index < -0.39 is 24.0 Å². The van der Waals surface area contributed by atoms with Crippen LogP contribution in [0.2, 0.25) is 0 Å². The molecule has 0 unspecified atom stereocenters. The van der Waals surface area contributed by atoms with Crippen molar-refractivity contribution in [1.29, 1.82) is 10.8 Å². The summed E-state index contributed by atoms with van der Waals surface area (Å²) < 4.78 is 0.856. The maximum Gasteiger partial charge on any atom is 0.245 e. The second-order valence-electron chi connectivity index (χ2n) is 9.82. The van der Waals surface area contributed by atoms with Crippen molar-refractivity contribution in [3.63, 3.8) is 0 Å². The summed E-state index contributed by atoms with van der Waals surface area (Å²) in [6.45, 7) is 2.37. The fraction of sp³-hybridized carbons (Fsp3) is 0.500. The standard InChI is InChI=1S/C26H38N10O4S/c1-15(37)33-18(9-5-13-32-26(29)30)24(40)36-14-6-10-19(36)22(39)34-17(8-4-12-31-25(27)28)21(38)23-35-16-7-2-3-11-20(16)41-23/h2-3,7,11,17-19H,4-6,8-10,12-14H2,1H3,(H,33,37)(H,34,39)(H4,27,28,31)(H4,29,30,32)/t17-,18+,19+/m1/s1. The molecule has 3 rings (SSSR count). The molecule has 3 atom stereocenters. The number of carbonyl (C=O) groups is 4. The first-order valence-electron chi connectivity index (χ1n) is 13.5. The third kappa shape index (κ3) is 9.13. The Bertz CT molecular complexity index is 1250. The molecule has 41 heavy (non-hydrogen) atoms. The van der Waals surface area contributed by atoms with E-state index in [2.05, 4.69) is 26.3 Å². The second-order valence-corrected chi connectivity index (χ2v) is 10.9. The van der Waals surface area contributed by atoms with Gasteiger partial charge >= 0.3 is 0 Å². The number of ketones is 1. The Kier molecular flexibility index (Phi) is 11.4. The molecule has 1 aromatic heterocycles. The van der Waals surface area contributed by atoms with Gasteiger partial charge < -0.3 is 37.6 Å². The Morgan fingerprint density at radius 2 is 1.66 bits per heavy atom. The number of amides is 3. The average molecular weight is 587 g/mol. The monoisotopic (exact) mass is 586 g/mol. The van der Waals surface area contributed by atoms with E-state index in [0.29, 0.717) is 57.3 Å². The van der Waals surface area contributed by atoms with E-state index in [1.54, 1.807) is 0 Å². The summed E-state index contributed by atoms with van der Waals surface area (Å²) in [6, 6.07) is 4.86. The van der Waals surface area contributed by atoms with Crippen LogP contribution in [0.4, 0.5) is 0 Å². The van der Waals surface area contributed by atoms with E-state index in [-0.39, 0.29) is 40.9 Å². The van der Waals surface area contributed by atoms with Crippen molar-refractivity contribution in [2.45, 2.75) is 63.6 Å². The average Bonchev–Trinajstić information content (AvgIpc) is 3.58. The zero-order valence-electron chi connectivity index (χ0n) is 23.0. The Hall–Kier alpha value is -4.27. The molecule has 0 saturated carbocycles. The SMILES string of the molecule is CC(=O)N[C@@H](CCCNC(=N)N)C(=O)N1CCC[C@H]1C(=O)N[C@H](CCCNC(=N)N)C(=O)c1nc2ccccc2s1. The van der Waals surface area contributed by atoms with Crippen molar-refractivity contribution in [1.82, 2.24) is 31.2 Å². The Morgan fingerprint density at radius 1 is 1.02 bits per heavy atom. The van der Waals surface area contributed by atoms with Crippen LogP contribution >= 0.6 is 11.3 Å². The van der Waals surface area contributed by atoms with Gasteiger partial charge in [-0.3, -0.25) is 30.0 Å². The molecule has 10 N–H and O–H groups in total. The lowest BCUT2D eigenvalue weighted by Gasteiger charge is -2.29. The van der Waals surface area contributed by atoms with Crippen LogP contribution in [0, 0.1) is 10.8 Å². The fourth-order valence-electron chi connectivity index (χ4n) is 4.73. The van der Waals surface area contributed by atoms with Gasteiger partial charge in [-0.05, 0) is 50.7 Å². The molecule has 2 heterocycles. The minimum Gasteiger partial charge on any atom is -0.370 e. The molecule has 1 saturated heterocycles. The zero-order valence-corrected chi connectivity index (χ0v) is 23.8. The summed E-state index contributed by atoms with van der Waals surface area (Å²) in [5.41, 5.74) is 11.4. The van der Waals surface area contributed by atoms with E-state index in [1.165, 1.54) is 23.2 Å². The van der Waals surface area contributed by atoms with Crippen LogP contribution in [-0.4, -0.2) is 83.1 Å². The van der Waals surface area contributed by atoms with Crippen LogP contribution < -0.4 is 32.7 Å². The minimum absolute atomic E-state index is 0.185. The van der Waals surface area contributed by atoms with Crippen LogP contribution in [0.25, 0.3) is 10.2 Å². The minimum atomic E-state index is -0.891. The highest BCUT2D eigenvalue weighted by molar-refractivity contribution is 7.20. The van der Waals surface area contributed by atoms with Crippen molar-refractivity contribution in [3.05, 3.63) is 29.3 Å². The number of fused-ring (bicyclic) bond motifs is 1. The third-order valence-electron chi connectivity index (χ3n) is 6.62. The molecule has 2 aromatic rings. The highest BCUT2D eigenvalue weighted by Crippen LogP contribution is 2.24. The molecule has 0 spiro atoms. The molecule has 14 nitrogen and oxygen atoms in total. The molecule has 1 aromatic carbocycles. The summed E-state index contributed by atoms with van der Waals surface area (Å²) in [7, 11) is 0. The first-order chi connectivity index (χ1) is 19.6. The van der Waals surface area contributed by atoms with Gasteiger partial charge in [0.1, 0.15) is 12.1 Å². The molecule has 0 bridgehead atoms. The Morgan fingerprint density at radius 3 is 2.27 bits per heavy atom. The molecule has 1 aliphatic rings. The van der Waals surface area contributed by atoms with Gasteiger partial charge in [0.25, 0.3) is 0 Å². The van der Waals surface area contributed by atoms with Crippen LogP contribution in [0.5, 0.6) is 0 Å². The summed E-state index contributed by atoms with van der Waals surface area (Å²) in [5, 5.41) is 25.8. The number of Topliss-reactive ketones (excluding diaryl/α,β-unsaturated/α-hetero) is 1. The summed E-state index contributed by atoms with van der Waals surface area (Å²) in [5.74, 6) is -1.89. The maximum atomic E-state index is 13.5. The predicted molar refractivity (Wildman–Crippen MR) is 157 cm³/mol. The first-order valence-corrected chi connectivity index (χ1v) is 14.3. The number of aromatic nitrogens is 1. The lowest BCUT2D eigenvalue weighted by molar-refractivity contribution is -0.141. The summed E-state index contributed by atoms with van der Waals surface area (Å²) in [4.78, 5) is 58.2. The number of benzene rings is 1. The number of carbonyl (C=O) groups excluding carboxylic acids is 4. The van der Waals surface area contributed by atoms with E-state index in [9.17, 15) is 19.2 Å². The number of hydrogen-bond acceptors (Lipinski definition) is 8. The Labute approximate surface area is 242 Å². The molecular weight excluding hydrogens is 548 g/mol. The second kappa shape index (κ2) is 14.9. The number of thiazole rings is 1. The number of nitrogens with zero attached hydrogens (tertiary/aromatic N) is 2. The van der Waals surface area contributed by atoms with Crippen molar-refractivity contribution in [3.8, 4) is 0 Å². The lowest BCUT2D eigenvalue weighted by Crippen LogP contribution is -2.55. The number of guanidine groups is 2. The quantitative estimate of drug-likeness (QED) is 0.0642. The van der Waals surface area contributed by atoms with E-state index >= 15 is 0 Å². The molecule has 3 amide bonds. The smallest absolute Gasteiger partial charge is 0.245 e. The highest BCUT2D eigenvalue weighted by atomic mass is 32.1. The van der Waals surface area contributed by atoms with Gasteiger partial charge in [-0.1, -0.05) is 12.1 Å². The van der Waals surface area contributed by atoms with E-state index in [1.807, 2.05) is 24.3 Å². The number of nitrogens with one attached hydrogen (secondary N) is 6.